The molecule has 3 nitrogen and oxygen atoms in total. The van der Waals surface area contributed by atoms with Crippen molar-refractivity contribution >= 4 is 40.9 Å². The molecule has 6 heteroatoms. The molecule has 0 unspecified atom stereocenters. The molecule has 2 aromatic rings. The van der Waals surface area contributed by atoms with Crippen LogP contribution in [0.1, 0.15) is 11.4 Å². The van der Waals surface area contributed by atoms with E-state index in [1.54, 1.807) is 19.4 Å². The number of halogens is 3. The summed E-state index contributed by atoms with van der Waals surface area (Å²) in [6.07, 6.45) is 3.35. The maximum atomic E-state index is 5.78. The summed E-state index contributed by atoms with van der Waals surface area (Å²) in [5.41, 5.74) is 2.54. The van der Waals surface area contributed by atoms with Crippen LogP contribution < -0.4 is 4.74 Å². The van der Waals surface area contributed by atoms with Gasteiger partial charge in [-0.2, -0.15) is 0 Å². The molecule has 0 aliphatic rings. The minimum absolute atomic E-state index is 0.269. The number of hydrogen-bond acceptors (Lipinski definition) is 2. The fourth-order valence-corrected chi connectivity index (χ4v) is 1.96. The Balaban J connectivity index is 2.51. The molecule has 0 aliphatic carbocycles. The van der Waals surface area contributed by atoms with E-state index in [0.717, 1.165) is 22.6 Å². The van der Waals surface area contributed by atoms with Crippen LogP contribution in [-0.4, -0.2) is 17.1 Å². The second kappa shape index (κ2) is 5.45. The summed E-state index contributed by atoms with van der Waals surface area (Å²) in [6, 6.07) is 5.62. The molecule has 0 saturated heterocycles. The van der Waals surface area contributed by atoms with Crippen LogP contribution in [0, 0.1) is 0 Å². The highest BCUT2D eigenvalue weighted by molar-refractivity contribution is 6.66. The van der Waals surface area contributed by atoms with Gasteiger partial charge < -0.3 is 9.72 Å². The van der Waals surface area contributed by atoms with Crippen molar-refractivity contribution in [2.24, 2.45) is 0 Å². The fraction of sp³-hybridized carbons (Fsp3) is 0.154. The number of imidazole rings is 1. The van der Waals surface area contributed by atoms with Crippen molar-refractivity contribution in [1.82, 2.24) is 9.97 Å². The minimum Gasteiger partial charge on any atom is -0.497 e. The largest absolute Gasteiger partial charge is 0.497 e. The average Bonchev–Trinajstić information content (AvgIpc) is 2.87. The molecule has 0 fully saturated rings. The molecule has 19 heavy (non-hydrogen) atoms. The first-order valence-electron chi connectivity index (χ1n) is 5.38. The lowest BCUT2D eigenvalue weighted by Crippen LogP contribution is -2.02. The van der Waals surface area contributed by atoms with Gasteiger partial charge in [0.1, 0.15) is 5.75 Å². The number of alkyl halides is 3. The summed E-state index contributed by atoms with van der Waals surface area (Å²) < 4.78 is 3.63. The first-order chi connectivity index (χ1) is 8.95. The van der Waals surface area contributed by atoms with Gasteiger partial charge in [0, 0.05) is 5.56 Å². The zero-order valence-electron chi connectivity index (χ0n) is 10.1. The molecular weight excluding hydrogens is 307 g/mol. The van der Waals surface area contributed by atoms with Crippen molar-refractivity contribution in [2.75, 3.05) is 7.11 Å². The molecule has 0 spiro atoms. The molecule has 1 N–H and O–H groups in total. The van der Waals surface area contributed by atoms with Crippen LogP contribution >= 0.6 is 34.8 Å². The maximum absolute atomic E-state index is 5.78. The summed E-state index contributed by atoms with van der Waals surface area (Å²) in [5, 5.41) is 0. The van der Waals surface area contributed by atoms with Crippen LogP contribution in [0.2, 0.25) is 0 Å². The monoisotopic (exact) mass is 316 g/mol. The highest BCUT2D eigenvalue weighted by atomic mass is 35.6. The average molecular weight is 318 g/mol. The van der Waals surface area contributed by atoms with Crippen LogP contribution in [0.5, 0.6) is 5.75 Å². The normalized spacial score (nSPS) is 11.4. The fourth-order valence-electron chi connectivity index (χ4n) is 1.68. The highest BCUT2D eigenvalue weighted by Gasteiger charge is 2.26. The standard InChI is InChI=1S/C13H11Cl3N2O/c1-3-8-4-5-9(19-2)6-10(8)11-7-17-12(18-11)13(14,15)16/h3-7H,1H2,2H3,(H,17,18). The molecule has 0 aliphatic heterocycles. The number of benzene rings is 1. The highest BCUT2D eigenvalue weighted by Crippen LogP contribution is 2.37. The van der Waals surface area contributed by atoms with Crippen molar-refractivity contribution in [3.8, 4) is 17.0 Å². The van der Waals surface area contributed by atoms with Crippen molar-refractivity contribution in [3.05, 3.63) is 42.4 Å². The van der Waals surface area contributed by atoms with Crippen molar-refractivity contribution in [2.45, 2.75) is 3.79 Å². The zero-order chi connectivity index (χ0) is 14.0. The predicted molar refractivity (Wildman–Crippen MR) is 79.9 cm³/mol. The number of ether oxygens (including phenoxy) is 1. The molecule has 0 radical (unpaired) electrons. The predicted octanol–water partition coefficient (Wildman–Crippen LogP) is 4.56. The molecular formula is C13H11Cl3N2O. The van der Waals surface area contributed by atoms with E-state index in [2.05, 4.69) is 16.5 Å². The number of H-pyrrole nitrogens is 1. The van der Waals surface area contributed by atoms with E-state index in [-0.39, 0.29) is 5.82 Å². The van der Waals surface area contributed by atoms with Gasteiger partial charge >= 0.3 is 0 Å². The Bertz CT molecular complexity index is 602. The van der Waals surface area contributed by atoms with E-state index in [1.807, 2.05) is 18.2 Å². The number of nitrogens with one attached hydrogen (secondary N) is 1. The van der Waals surface area contributed by atoms with E-state index in [1.165, 1.54) is 0 Å². The third kappa shape index (κ3) is 3.06. The van der Waals surface area contributed by atoms with Gasteiger partial charge in [-0.15, -0.1) is 0 Å². The number of nitrogens with zero attached hydrogens (tertiary/aromatic N) is 1. The SMILES string of the molecule is C=Cc1ccc(OC)cc1-c1cnc(C(Cl)(Cl)Cl)[nH]1. The number of methoxy groups -OCH3 is 1. The van der Waals surface area contributed by atoms with E-state index < -0.39 is 3.79 Å². The van der Waals surface area contributed by atoms with E-state index in [0.29, 0.717) is 0 Å². The molecule has 1 heterocycles. The van der Waals surface area contributed by atoms with Crippen molar-refractivity contribution in [3.63, 3.8) is 0 Å². The van der Waals surface area contributed by atoms with Crippen LogP contribution in [0.25, 0.3) is 17.3 Å². The molecule has 1 aromatic heterocycles. The molecule has 100 valence electrons. The van der Waals surface area contributed by atoms with Crippen LogP contribution in [0.3, 0.4) is 0 Å². The van der Waals surface area contributed by atoms with Gasteiger partial charge in [0.15, 0.2) is 5.82 Å². The molecule has 0 saturated carbocycles. The summed E-state index contributed by atoms with van der Waals surface area (Å²) in [5.74, 6) is 0.996. The van der Waals surface area contributed by atoms with Crippen molar-refractivity contribution < 1.29 is 4.74 Å². The van der Waals surface area contributed by atoms with E-state index >= 15 is 0 Å². The van der Waals surface area contributed by atoms with Gasteiger partial charge in [-0.1, -0.05) is 53.5 Å². The summed E-state index contributed by atoms with van der Waals surface area (Å²) in [7, 11) is 1.60. The van der Waals surface area contributed by atoms with Crippen LogP contribution in [0.4, 0.5) is 0 Å². The summed E-state index contributed by atoms with van der Waals surface area (Å²) in [4.78, 5) is 7.05. The van der Waals surface area contributed by atoms with Crippen molar-refractivity contribution in [1.29, 1.82) is 0 Å². The Labute approximate surface area is 126 Å². The summed E-state index contributed by atoms with van der Waals surface area (Å²) >= 11 is 17.4. The second-order valence-corrected chi connectivity index (χ2v) is 6.08. The molecule has 2 rings (SSSR count). The lowest BCUT2D eigenvalue weighted by atomic mass is 10.0. The number of aromatic amines is 1. The Morgan fingerprint density at radius 3 is 2.63 bits per heavy atom. The lowest BCUT2D eigenvalue weighted by Gasteiger charge is -2.08. The van der Waals surface area contributed by atoms with Crippen LogP contribution in [0.15, 0.2) is 31.0 Å². The topological polar surface area (TPSA) is 37.9 Å². The first-order valence-corrected chi connectivity index (χ1v) is 6.52. The van der Waals surface area contributed by atoms with Gasteiger partial charge in [-0.25, -0.2) is 4.98 Å². The van der Waals surface area contributed by atoms with Gasteiger partial charge in [-0.05, 0) is 17.7 Å². The first kappa shape index (κ1) is 14.3. The summed E-state index contributed by atoms with van der Waals surface area (Å²) in [6.45, 7) is 3.77. The van der Waals surface area contributed by atoms with E-state index in [4.69, 9.17) is 39.5 Å². The molecule has 0 amide bonds. The maximum Gasteiger partial charge on any atom is 0.248 e. The third-order valence-electron chi connectivity index (χ3n) is 2.61. The quantitative estimate of drug-likeness (QED) is 0.843. The third-order valence-corrected chi connectivity index (χ3v) is 3.15. The molecule has 0 atom stereocenters. The minimum atomic E-state index is -1.58. The number of rotatable bonds is 3. The van der Waals surface area contributed by atoms with Gasteiger partial charge in [0.2, 0.25) is 3.79 Å². The van der Waals surface area contributed by atoms with E-state index in [9.17, 15) is 0 Å². The van der Waals surface area contributed by atoms with Gasteiger partial charge in [-0.3, -0.25) is 0 Å². The zero-order valence-corrected chi connectivity index (χ0v) is 12.4. The number of aromatic nitrogens is 2. The smallest absolute Gasteiger partial charge is 0.248 e. The van der Waals surface area contributed by atoms with Gasteiger partial charge in [0.05, 0.1) is 19.0 Å². The Hall–Kier alpha value is -1.16. The lowest BCUT2D eigenvalue weighted by molar-refractivity contribution is 0.415. The number of hydrogen-bond donors (Lipinski definition) is 1. The van der Waals surface area contributed by atoms with Gasteiger partial charge in [0.25, 0.3) is 0 Å². The molecule has 1 aromatic carbocycles. The molecule has 0 bridgehead atoms. The Morgan fingerprint density at radius 1 is 1.37 bits per heavy atom. The Morgan fingerprint density at radius 2 is 2.11 bits per heavy atom. The second-order valence-electron chi connectivity index (χ2n) is 3.80. The Kier molecular flexibility index (Phi) is 4.09. The van der Waals surface area contributed by atoms with Crippen LogP contribution in [-0.2, 0) is 3.79 Å².